The lowest BCUT2D eigenvalue weighted by Crippen LogP contribution is -2.18. The van der Waals surface area contributed by atoms with Crippen LogP contribution in [0, 0.1) is 6.92 Å². The van der Waals surface area contributed by atoms with E-state index in [0.717, 1.165) is 22.2 Å². The second-order valence-corrected chi connectivity index (χ2v) is 8.04. The van der Waals surface area contributed by atoms with Crippen molar-refractivity contribution in [3.05, 3.63) is 105 Å². The normalized spacial score (nSPS) is 11.6. The van der Waals surface area contributed by atoms with Crippen LogP contribution in [0.3, 0.4) is 0 Å². The number of fused-ring (bicyclic) bond motifs is 2. The number of aromatic amines is 2. The molecule has 0 spiro atoms. The molecular formula is C26H18ClN3O2. The van der Waals surface area contributed by atoms with Crippen molar-refractivity contribution in [3.63, 3.8) is 0 Å². The van der Waals surface area contributed by atoms with Gasteiger partial charge in [0.2, 0.25) is 0 Å². The first-order valence-corrected chi connectivity index (χ1v) is 10.5. The molecule has 0 aliphatic rings. The summed E-state index contributed by atoms with van der Waals surface area (Å²) in [5.74, 6) is 0.129. The average Bonchev–Trinajstić information content (AvgIpc) is 3.19. The molecule has 0 amide bonds. The summed E-state index contributed by atoms with van der Waals surface area (Å²) in [5.41, 5.74) is 4.35. The molecule has 0 atom stereocenters. The third-order valence-corrected chi connectivity index (χ3v) is 5.57. The summed E-state index contributed by atoms with van der Waals surface area (Å²) in [5, 5.41) is 1.23. The van der Waals surface area contributed by atoms with Gasteiger partial charge >= 0.3 is 0 Å². The molecule has 2 heterocycles. The summed E-state index contributed by atoms with van der Waals surface area (Å²) >= 11 is 6.24. The third-order valence-electron chi connectivity index (χ3n) is 5.33. The standard InChI is InChI=1S/C26H18ClN3O2/c1-15-7-9-20-21(13-15)29-23(28-20)12-11-22(31)25-24(16-5-3-2-4-6-16)18-14-17(27)8-10-19(18)30-26(25)32/h2-14H,1H3,(H,28,29)(H,30,32)/b12-11+. The van der Waals surface area contributed by atoms with E-state index in [9.17, 15) is 9.59 Å². The maximum Gasteiger partial charge on any atom is 0.260 e. The second-order valence-electron chi connectivity index (χ2n) is 7.60. The summed E-state index contributed by atoms with van der Waals surface area (Å²) in [6.07, 6.45) is 2.96. The fraction of sp³-hybridized carbons (Fsp3) is 0.0385. The Hall–Kier alpha value is -3.96. The van der Waals surface area contributed by atoms with Crippen molar-refractivity contribution in [1.82, 2.24) is 15.0 Å². The predicted molar refractivity (Wildman–Crippen MR) is 129 cm³/mol. The molecule has 5 nitrogen and oxygen atoms in total. The van der Waals surface area contributed by atoms with E-state index in [4.69, 9.17) is 11.6 Å². The Labute approximate surface area is 188 Å². The summed E-state index contributed by atoms with van der Waals surface area (Å²) < 4.78 is 0. The molecule has 2 N–H and O–H groups in total. The quantitative estimate of drug-likeness (QED) is 0.269. The highest BCUT2D eigenvalue weighted by molar-refractivity contribution is 6.31. The number of H-pyrrole nitrogens is 2. The number of rotatable bonds is 4. The Kier molecular flexibility index (Phi) is 4.96. The molecule has 2 aromatic heterocycles. The number of carbonyl (C=O) groups excluding carboxylic acids is 1. The van der Waals surface area contributed by atoms with Crippen LogP contribution in [0.15, 0.2) is 77.6 Å². The Morgan fingerprint density at radius 2 is 1.75 bits per heavy atom. The Morgan fingerprint density at radius 3 is 2.56 bits per heavy atom. The van der Waals surface area contributed by atoms with Crippen molar-refractivity contribution in [3.8, 4) is 11.1 Å². The summed E-state index contributed by atoms with van der Waals surface area (Å²) in [7, 11) is 0. The van der Waals surface area contributed by atoms with Crippen LogP contribution in [0.5, 0.6) is 0 Å². The number of aryl methyl sites for hydroxylation is 1. The van der Waals surface area contributed by atoms with E-state index in [-0.39, 0.29) is 5.56 Å². The van der Waals surface area contributed by atoms with E-state index in [2.05, 4.69) is 15.0 Å². The first-order chi connectivity index (χ1) is 15.5. The molecule has 0 aliphatic carbocycles. The molecule has 0 aliphatic heterocycles. The summed E-state index contributed by atoms with van der Waals surface area (Å²) in [4.78, 5) is 36.7. The fourth-order valence-corrected chi connectivity index (χ4v) is 4.03. The van der Waals surface area contributed by atoms with Gasteiger partial charge in [-0.25, -0.2) is 4.98 Å². The first kappa shape index (κ1) is 20.0. The number of nitrogens with zero attached hydrogens (tertiary/aromatic N) is 1. The van der Waals surface area contributed by atoms with Gasteiger partial charge in [-0.05, 0) is 60.5 Å². The number of carbonyl (C=O) groups is 1. The third kappa shape index (κ3) is 3.63. The molecular weight excluding hydrogens is 422 g/mol. The van der Waals surface area contributed by atoms with E-state index in [1.54, 1.807) is 24.3 Å². The molecule has 0 bridgehead atoms. The van der Waals surface area contributed by atoms with E-state index >= 15 is 0 Å². The highest BCUT2D eigenvalue weighted by atomic mass is 35.5. The topological polar surface area (TPSA) is 78.6 Å². The number of nitrogens with one attached hydrogen (secondary N) is 2. The van der Waals surface area contributed by atoms with Crippen LogP contribution in [0.25, 0.3) is 39.1 Å². The van der Waals surface area contributed by atoms with Gasteiger partial charge in [0.25, 0.3) is 5.56 Å². The highest BCUT2D eigenvalue weighted by Gasteiger charge is 2.19. The van der Waals surface area contributed by atoms with Crippen molar-refractivity contribution >= 4 is 45.4 Å². The molecule has 32 heavy (non-hydrogen) atoms. The molecule has 0 saturated carbocycles. The predicted octanol–water partition coefficient (Wildman–Crippen LogP) is 5.93. The van der Waals surface area contributed by atoms with Crippen molar-refractivity contribution in [2.45, 2.75) is 6.92 Å². The average molecular weight is 440 g/mol. The van der Waals surface area contributed by atoms with Gasteiger partial charge in [0.1, 0.15) is 5.82 Å². The Morgan fingerprint density at radius 1 is 0.969 bits per heavy atom. The molecule has 5 rings (SSSR count). The molecule has 3 aromatic carbocycles. The minimum atomic E-state index is -0.450. The number of halogens is 1. The van der Waals surface area contributed by atoms with E-state index in [0.29, 0.717) is 27.3 Å². The van der Waals surface area contributed by atoms with E-state index in [1.165, 1.54) is 6.08 Å². The van der Waals surface area contributed by atoms with Crippen molar-refractivity contribution < 1.29 is 4.79 Å². The van der Waals surface area contributed by atoms with Crippen LogP contribution in [0.2, 0.25) is 5.02 Å². The molecule has 5 aromatic rings. The van der Waals surface area contributed by atoms with Crippen LogP contribution < -0.4 is 5.56 Å². The Bertz CT molecular complexity index is 1580. The largest absolute Gasteiger partial charge is 0.338 e. The minimum absolute atomic E-state index is 0.0640. The van der Waals surface area contributed by atoms with Crippen LogP contribution in [0.1, 0.15) is 21.7 Å². The zero-order valence-electron chi connectivity index (χ0n) is 17.1. The summed E-state index contributed by atoms with van der Waals surface area (Å²) in [6.45, 7) is 2.00. The monoisotopic (exact) mass is 439 g/mol. The molecule has 6 heteroatoms. The molecule has 0 fully saturated rings. The number of pyridine rings is 1. The number of ketones is 1. The van der Waals surface area contributed by atoms with Crippen LogP contribution in [0.4, 0.5) is 0 Å². The molecule has 0 unspecified atom stereocenters. The molecule has 156 valence electrons. The van der Waals surface area contributed by atoms with Gasteiger partial charge in [-0.3, -0.25) is 9.59 Å². The lowest BCUT2D eigenvalue weighted by molar-refractivity contribution is 0.104. The Balaban J connectivity index is 1.65. The van der Waals surface area contributed by atoms with Gasteiger partial charge in [0, 0.05) is 21.5 Å². The SMILES string of the molecule is Cc1ccc2[nH]c(/C=C/C(=O)c3c(-c4ccccc4)c4cc(Cl)ccc4[nH]c3=O)nc2c1. The van der Waals surface area contributed by atoms with Gasteiger partial charge in [-0.2, -0.15) is 0 Å². The van der Waals surface area contributed by atoms with Crippen LogP contribution in [-0.2, 0) is 0 Å². The smallest absolute Gasteiger partial charge is 0.260 e. The van der Waals surface area contributed by atoms with Crippen molar-refractivity contribution in [2.75, 3.05) is 0 Å². The highest BCUT2D eigenvalue weighted by Crippen LogP contribution is 2.31. The van der Waals surface area contributed by atoms with Crippen LogP contribution in [-0.4, -0.2) is 20.7 Å². The summed E-state index contributed by atoms with van der Waals surface area (Å²) in [6, 6.07) is 20.5. The molecule has 0 saturated heterocycles. The van der Waals surface area contributed by atoms with Gasteiger partial charge in [0.05, 0.1) is 16.6 Å². The number of benzene rings is 3. The lowest BCUT2D eigenvalue weighted by Gasteiger charge is -2.11. The number of imidazole rings is 1. The lowest BCUT2D eigenvalue weighted by atomic mass is 9.94. The van der Waals surface area contributed by atoms with Gasteiger partial charge in [0.15, 0.2) is 5.78 Å². The molecule has 0 radical (unpaired) electrons. The van der Waals surface area contributed by atoms with Gasteiger partial charge in [-0.1, -0.05) is 48.0 Å². The number of hydrogen-bond acceptors (Lipinski definition) is 3. The fourth-order valence-electron chi connectivity index (χ4n) is 3.86. The maximum atomic E-state index is 13.2. The van der Waals surface area contributed by atoms with E-state index in [1.807, 2.05) is 55.5 Å². The number of hydrogen-bond donors (Lipinski definition) is 2. The van der Waals surface area contributed by atoms with Crippen molar-refractivity contribution in [1.29, 1.82) is 0 Å². The van der Waals surface area contributed by atoms with Crippen molar-refractivity contribution in [2.24, 2.45) is 0 Å². The van der Waals surface area contributed by atoms with Gasteiger partial charge in [-0.15, -0.1) is 0 Å². The van der Waals surface area contributed by atoms with Gasteiger partial charge < -0.3 is 9.97 Å². The minimum Gasteiger partial charge on any atom is -0.338 e. The number of aromatic nitrogens is 3. The number of allylic oxidation sites excluding steroid dienone is 1. The van der Waals surface area contributed by atoms with E-state index < -0.39 is 11.3 Å². The first-order valence-electron chi connectivity index (χ1n) is 10.1. The van der Waals surface area contributed by atoms with Crippen LogP contribution >= 0.6 is 11.6 Å². The second kappa shape index (κ2) is 7.94. The zero-order chi connectivity index (χ0) is 22.2. The zero-order valence-corrected chi connectivity index (χ0v) is 17.9. The maximum absolute atomic E-state index is 13.2.